The summed E-state index contributed by atoms with van der Waals surface area (Å²) in [6, 6.07) is 6.11. The van der Waals surface area contributed by atoms with Crippen LogP contribution in [0.1, 0.15) is 5.56 Å². The van der Waals surface area contributed by atoms with Crippen molar-refractivity contribution in [3.8, 4) is 5.69 Å². The van der Waals surface area contributed by atoms with Crippen LogP contribution in [0.4, 0.5) is 4.39 Å². The lowest BCUT2D eigenvalue weighted by Gasteiger charge is -2.31. The number of hydrogen-bond donors (Lipinski definition) is 3. The molecule has 1 aromatic carbocycles. The van der Waals surface area contributed by atoms with Gasteiger partial charge in [0.05, 0.1) is 31.2 Å². The number of aliphatic hydroxyl groups excluding tert-OH is 2. The second-order valence-corrected chi connectivity index (χ2v) is 5.76. The van der Waals surface area contributed by atoms with Crippen molar-refractivity contribution in [1.82, 2.24) is 15.1 Å². The van der Waals surface area contributed by atoms with Crippen LogP contribution < -0.4 is 5.32 Å². The summed E-state index contributed by atoms with van der Waals surface area (Å²) in [6.07, 6.45) is 2.01. The monoisotopic (exact) mass is 321 g/mol. The largest absolute Gasteiger partial charge is 0.390 e. The summed E-state index contributed by atoms with van der Waals surface area (Å²) < 4.78 is 19.8. The summed E-state index contributed by atoms with van der Waals surface area (Å²) in [5.41, 5.74) is 1.76. The van der Waals surface area contributed by atoms with Gasteiger partial charge in [0.2, 0.25) is 0 Å². The first kappa shape index (κ1) is 16.1. The van der Waals surface area contributed by atoms with Crippen LogP contribution in [0, 0.1) is 11.7 Å². The van der Waals surface area contributed by atoms with E-state index in [1.165, 1.54) is 12.1 Å². The molecule has 1 aliphatic rings. The van der Waals surface area contributed by atoms with E-state index < -0.39 is 12.2 Å². The smallest absolute Gasteiger partial charge is 0.123 e. The SMILES string of the molecule is O[C@H]1[C@H](CNCc2cnn(-c3ccc(F)cc3)c2)COC[C@H]1O. The van der Waals surface area contributed by atoms with E-state index in [9.17, 15) is 14.6 Å². The van der Waals surface area contributed by atoms with Gasteiger partial charge in [0.15, 0.2) is 0 Å². The van der Waals surface area contributed by atoms with E-state index in [-0.39, 0.29) is 18.3 Å². The fourth-order valence-corrected chi connectivity index (χ4v) is 2.62. The number of nitrogens with zero attached hydrogens (tertiary/aromatic N) is 2. The van der Waals surface area contributed by atoms with Gasteiger partial charge >= 0.3 is 0 Å². The normalized spacial score (nSPS) is 24.7. The molecule has 3 N–H and O–H groups in total. The van der Waals surface area contributed by atoms with Crippen LogP contribution in [0.2, 0.25) is 0 Å². The zero-order valence-corrected chi connectivity index (χ0v) is 12.6. The van der Waals surface area contributed by atoms with Crippen molar-refractivity contribution in [3.63, 3.8) is 0 Å². The molecule has 1 saturated heterocycles. The van der Waals surface area contributed by atoms with Crippen LogP contribution >= 0.6 is 0 Å². The van der Waals surface area contributed by atoms with Crippen LogP contribution in [0.15, 0.2) is 36.7 Å². The molecule has 2 heterocycles. The third-order valence-electron chi connectivity index (χ3n) is 3.96. The Hall–Kier alpha value is -1.80. The molecule has 0 radical (unpaired) electrons. The molecule has 0 amide bonds. The molecular formula is C16H20FN3O3. The summed E-state index contributed by atoms with van der Waals surface area (Å²) >= 11 is 0. The highest BCUT2D eigenvalue weighted by Gasteiger charge is 2.30. The van der Waals surface area contributed by atoms with Crippen LogP contribution in [0.5, 0.6) is 0 Å². The standard InChI is InChI=1S/C16H20FN3O3/c17-13-1-3-14(4-2-13)20-8-11(6-19-20)5-18-7-12-9-23-10-15(21)16(12)22/h1-4,6,8,12,15-16,18,21-22H,5,7,9-10H2/t12-,15-,16+/m1/s1. The minimum Gasteiger partial charge on any atom is -0.390 e. The van der Waals surface area contributed by atoms with Crippen molar-refractivity contribution in [1.29, 1.82) is 0 Å². The van der Waals surface area contributed by atoms with E-state index in [1.807, 2.05) is 6.20 Å². The predicted molar refractivity (Wildman–Crippen MR) is 81.6 cm³/mol. The van der Waals surface area contributed by atoms with Crippen molar-refractivity contribution < 1.29 is 19.3 Å². The molecule has 0 unspecified atom stereocenters. The Morgan fingerprint density at radius 2 is 2.04 bits per heavy atom. The second-order valence-electron chi connectivity index (χ2n) is 5.76. The molecule has 23 heavy (non-hydrogen) atoms. The summed E-state index contributed by atoms with van der Waals surface area (Å²) in [6.45, 7) is 1.74. The molecule has 1 fully saturated rings. The quantitative estimate of drug-likeness (QED) is 0.746. The van der Waals surface area contributed by atoms with E-state index in [2.05, 4.69) is 10.4 Å². The van der Waals surface area contributed by atoms with Gasteiger partial charge in [-0.05, 0) is 24.3 Å². The Morgan fingerprint density at radius 1 is 1.26 bits per heavy atom. The van der Waals surface area contributed by atoms with Gasteiger partial charge in [-0.1, -0.05) is 0 Å². The number of ether oxygens (including phenoxy) is 1. The summed E-state index contributed by atoms with van der Waals surface area (Å²) in [7, 11) is 0. The zero-order valence-electron chi connectivity index (χ0n) is 12.6. The van der Waals surface area contributed by atoms with E-state index in [1.54, 1.807) is 23.0 Å². The van der Waals surface area contributed by atoms with E-state index in [4.69, 9.17) is 4.74 Å². The maximum Gasteiger partial charge on any atom is 0.123 e. The molecule has 6 nitrogen and oxygen atoms in total. The highest BCUT2D eigenvalue weighted by molar-refractivity contribution is 5.31. The minimum atomic E-state index is -0.822. The zero-order chi connectivity index (χ0) is 16.2. The predicted octanol–water partition coefficient (Wildman–Crippen LogP) is 0.469. The van der Waals surface area contributed by atoms with Gasteiger partial charge in [0, 0.05) is 30.8 Å². The molecule has 0 spiro atoms. The summed E-state index contributed by atoms with van der Waals surface area (Å²) in [5.74, 6) is -0.413. The molecule has 1 aromatic heterocycles. The van der Waals surface area contributed by atoms with Crippen LogP contribution in [-0.4, -0.2) is 52.0 Å². The van der Waals surface area contributed by atoms with Crippen molar-refractivity contribution in [2.24, 2.45) is 5.92 Å². The maximum atomic E-state index is 12.9. The first-order valence-corrected chi connectivity index (χ1v) is 7.57. The molecule has 3 atom stereocenters. The van der Waals surface area contributed by atoms with Gasteiger partial charge in [-0.15, -0.1) is 0 Å². The number of aliphatic hydroxyl groups is 2. The molecule has 124 valence electrons. The Labute approximate surface area is 133 Å². The molecule has 1 aliphatic heterocycles. The first-order chi connectivity index (χ1) is 11.1. The van der Waals surface area contributed by atoms with Gasteiger partial charge in [0.25, 0.3) is 0 Å². The van der Waals surface area contributed by atoms with Crippen LogP contribution in [-0.2, 0) is 11.3 Å². The molecular weight excluding hydrogens is 301 g/mol. The first-order valence-electron chi connectivity index (χ1n) is 7.57. The molecule has 0 saturated carbocycles. The third-order valence-corrected chi connectivity index (χ3v) is 3.96. The number of benzene rings is 1. The fourth-order valence-electron chi connectivity index (χ4n) is 2.62. The van der Waals surface area contributed by atoms with Crippen molar-refractivity contribution >= 4 is 0 Å². The van der Waals surface area contributed by atoms with Gasteiger partial charge in [-0.25, -0.2) is 9.07 Å². The van der Waals surface area contributed by atoms with E-state index >= 15 is 0 Å². The molecule has 3 rings (SSSR count). The van der Waals surface area contributed by atoms with Crippen molar-refractivity contribution in [2.75, 3.05) is 19.8 Å². The van der Waals surface area contributed by atoms with Crippen LogP contribution in [0.25, 0.3) is 5.69 Å². The number of nitrogens with one attached hydrogen (secondary N) is 1. The lowest BCUT2D eigenvalue weighted by molar-refractivity contribution is -0.119. The average molecular weight is 321 g/mol. The Bertz CT molecular complexity index is 632. The fraction of sp³-hybridized carbons (Fsp3) is 0.438. The Balaban J connectivity index is 1.52. The third kappa shape index (κ3) is 3.94. The Kier molecular flexibility index (Phi) is 5.02. The van der Waals surface area contributed by atoms with Gasteiger partial charge in [0.1, 0.15) is 11.9 Å². The summed E-state index contributed by atoms with van der Waals surface area (Å²) in [4.78, 5) is 0. The topological polar surface area (TPSA) is 79.5 Å². The van der Waals surface area contributed by atoms with Crippen molar-refractivity contribution in [2.45, 2.75) is 18.8 Å². The van der Waals surface area contributed by atoms with Gasteiger partial charge in [-0.2, -0.15) is 5.10 Å². The van der Waals surface area contributed by atoms with E-state index in [0.29, 0.717) is 19.7 Å². The van der Waals surface area contributed by atoms with Crippen molar-refractivity contribution in [3.05, 3.63) is 48.0 Å². The molecule has 0 bridgehead atoms. The molecule has 7 heteroatoms. The maximum absolute atomic E-state index is 12.9. The number of aromatic nitrogens is 2. The van der Waals surface area contributed by atoms with Gasteiger partial charge < -0.3 is 20.3 Å². The number of rotatable bonds is 5. The lowest BCUT2D eigenvalue weighted by atomic mass is 9.96. The minimum absolute atomic E-state index is 0.133. The van der Waals surface area contributed by atoms with Gasteiger partial charge in [-0.3, -0.25) is 0 Å². The number of halogens is 1. The highest BCUT2D eigenvalue weighted by Crippen LogP contribution is 2.15. The van der Waals surface area contributed by atoms with E-state index in [0.717, 1.165) is 11.3 Å². The second kappa shape index (κ2) is 7.18. The Morgan fingerprint density at radius 3 is 2.83 bits per heavy atom. The average Bonchev–Trinajstić information content (AvgIpc) is 3.01. The lowest BCUT2D eigenvalue weighted by Crippen LogP contribution is -2.47. The molecule has 0 aliphatic carbocycles. The molecule has 2 aromatic rings. The van der Waals surface area contributed by atoms with Crippen LogP contribution in [0.3, 0.4) is 0 Å². The summed E-state index contributed by atoms with van der Waals surface area (Å²) in [5, 5.41) is 26.9. The number of hydrogen-bond acceptors (Lipinski definition) is 5. The highest BCUT2D eigenvalue weighted by atomic mass is 19.1.